The average Bonchev–Trinajstić information content (AvgIpc) is 3.60. The van der Waals surface area contributed by atoms with Gasteiger partial charge in [0.25, 0.3) is 0 Å². The summed E-state index contributed by atoms with van der Waals surface area (Å²) >= 11 is 0. The molecule has 1 heterocycles. The van der Waals surface area contributed by atoms with Gasteiger partial charge in [-0.2, -0.15) is 0 Å². The highest BCUT2D eigenvalue weighted by molar-refractivity contribution is 6.15. The predicted molar refractivity (Wildman–Crippen MR) is 232 cm³/mol. The van der Waals surface area contributed by atoms with Gasteiger partial charge in [-0.3, -0.25) is 4.79 Å². The minimum Gasteiger partial charge on any atom is -0.507 e. The van der Waals surface area contributed by atoms with Crippen molar-refractivity contribution in [3.63, 3.8) is 0 Å². The summed E-state index contributed by atoms with van der Waals surface area (Å²) in [5, 5.41) is 22.7. The Morgan fingerprint density at radius 1 is 0.717 bits per heavy atom. The van der Waals surface area contributed by atoms with Crippen LogP contribution in [0.3, 0.4) is 0 Å². The van der Waals surface area contributed by atoms with Crippen LogP contribution in [0, 0.1) is 11.8 Å². The summed E-state index contributed by atoms with van der Waals surface area (Å²) in [5.41, 5.74) is 2.52. The quantitative estimate of drug-likeness (QED) is 0.0492. The number of carbonyl (C=O) groups excluding carboxylic acids is 3. The summed E-state index contributed by atoms with van der Waals surface area (Å²) < 4.78 is 23.0. The molecule has 0 spiro atoms. The Hall–Kier alpha value is -5.61. The molecule has 10 heteroatoms. The van der Waals surface area contributed by atoms with Crippen molar-refractivity contribution < 1.29 is 43.5 Å². The van der Waals surface area contributed by atoms with Crippen molar-refractivity contribution in [3.8, 4) is 5.75 Å². The van der Waals surface area contributed by atoms with E-state index in [0.29, 0.717) is 11.8 Å². The van der Waals surface area contributed by atoms with Crippen molar-refractivity contribution in [2.75, 3.05) is 24.6 Å². The zero-order valence-electron chi connectivity index (χ0n) is 35.5. The number of hydrogen-bond acceptors (Lipinski definition) is 10. The molecule has 0 saturated carbocycles. The van der Waals surface area contributed by atoms with Crippen LogP contribution in [0.25, 0.3) is 0 Å². The Bertz CT molecular complexity index is 2000. The smallest absolute Gasteiger partial charge is 0.378 e. The van der Waals surface area contributed by atoms with E-state index in [1.54, 1.807) is 24.3 Å². The number of cyclic esters (lactones) is 1. The van der Waals surface area contributed by atoms with Crippen LogP contribution in [0.1, 0.15) is 116 Å². The number of hydrogen-bond donors (Lipinski definition) is 2. The molecule has 0 bridgehead atoms. The molecule has 1 aliphatic rings. The molecule has 2 unspecified atom stereocenters. The van der Waals surface area contributed by atoms with Crippen molar-refractivity contribution >= 4 is 23.4 Å². The first-order chi connectivity index (χ1) is 29.2. The van der Waals surface area contributed by atoms with Crippen molar-refractivity contribution in [1.82, 2.24) is 0 Å². The van der Waals surface area contributed by atoms with Gasteiger partial charge in [0.2, 0.25) is 5.76 Å². The third kappa shape index (κ3) is 12.5. The fraction of sp³-hybridized carbons (Fsp3) is 0.420. The molecule has 0 fully saturated rings. The van der Waals surface area contributed by atoms with Crippen LogP contribution in [0.15, 0.2) is 115 Å². The number of carbonyl (C=O) groups is 3. The summed E-state index contributed by atoms with van der Waals surface area (Å²) in [5.74, 6) is -1.61. The minimum absolute atomic E-state index is 0.0197. The van der Waals surface area contributed by atoms with E-state index < -0.39 is 36.5 Å². The molecule has 2 N–H and O–H groups in total. The van der Waals surface area contributed by atoms with Crippen LogP contribution >= 0.6 is 0 Å². The number of phenols is 1. The third-order valence-corrected chi connectivity index (χ3v) is 11.1. The maximum atomic E-state index is 14.0. The summed E-state index contributed by atoms with van der Waals surface area (Å²) in [6.45, 7) is 10.1. The van der Waals surface area contributed by atoms with Gasteiger partial charge >= 0.3 is 11.9 Å². The summed E-state index contributed by atoms with van der Waals surface area (Å²) in [4.78, 5) is 43.1. The molecule has 4 aromatic carbocycles. The number of anilines is 1. The molecule has 320 valence electrons. The number of aliphatic hydroxyl groups excluding tert-OH is 1. The number of ether oxygens (including phenoxy) is 4. The lowest BCUT2D eigenvalue weighted by Crippen LogP contribution is -2.34. The van der Waals surface area contributed by atoms with Crippen LogP contribution in [-0.4, -0.2) is 59.8 Å². The third-order valence-electron chi connectivity index (χ3n) is 11.1. The van der Waals surface area contributed by atoms with Gasteiger partial charge in [0.05, 0.1) is 11.1 Å². The first-order valence-corrected chi connectivity index (χ1v) is 21.5. The van der Waals surface area contributed by atoms with Crippen LogP contribution in [0.5, 0.6) is 5.75 Å². The molecular weight excluding hydrogens is 759 g/mol. The van der Waals surface area contributed by atoms with Gasteiger partial charge in [0.15, 0.2) is 17.6 Å². The lowest BCUT2D eigenvalue weighted by Gasteiger charge is -2.33. The second-order valence-electron chi connectivity index (χ2n) is 15.5. The fourth-order valence-corrected chi connectivity index (χ4v) is 7.43. The van der Waals surface area contributed by atoms with Crippen LogP contribution in [-0.2, 0) is 37.0 Å². The number of benzene rings is 4. The molecule has 1 aliphatic heterocycles. The number of phenolic OH excluding ortho intramolecular Hbond substituents is 1. The Labute approximate surface area is 355 Å². The summed E-state index contributed by atoms with van der Waals surface area (Å²) in [7, 11) is 0. The van der Waals surface area contributed by atoms with Gasteiger partial charge in [-0.15, -0.1) is 0 Å². The maximum Gasteiger partial charge on any atom is 0.378 e. The molecule has 60 heavy (non-hydrogen) atoms. The topological polar surface area (TPSA) is 132 Å². The molecule has 4 atom stereocenters. The molecule has 5 rings (SSSR count). The Kier molecular flexibility index (Phi) is 17.6. The molecule has 0 saturated heterocycles. The molecule has 0 aliphatic carbocycles. The Balaban J connectivity index is 1.31. The van der Waals surface area contributed by atoms with Gasteiger partial charge in [0.1, 0.15) is 31.7 Å². The number of nitrogens with zero attached hydrogens (tertiary/aromatic N) is 1. The van der Waals surface area contributed by atoms with Gasteiger partial charge in [0, 0.05) is 30.4 Å². The van der Waals surface area contributed by atoms with Crippen molar-refractivity contribution in [2.24, 2.45) is 11.8 Å². The van der Waals surface area contributed by atoms with Gasteiger partial charge in [-0.1, -0.05) is 145 Å². The zero-order valence-corrected chi connectivity index (χ0v) is 35.5. The van der Waals surface area contributed by atoms with Gasteiger partial charge in [-0.25, -0.2) is 9.59 Å². The van der Waals surface area contributed by atoms with Gasteiger partial charge < -0.3 is 34.1 Å². The highest BCUT2D eigenvalue weighted by atomic mass is 16.6. The van der Waals surface area contributed by atoms with E-state index in [1.165, 1.54) is 25.0 Å². The first kappa shape index (κ1) is 45.5. The number of esters is 2. The second-order valence-corrected chi connectivity index (χ2v) is 15.5. The van der Waals surface area contributed by atoms with Crippen molar-refractivity contribution in [3.05, 3.63) is 142 Å². The number of aliphatic hydroxyl groups is 1. The van der Waals surface area contributed by atoms with E-state index in [2.05, 4.69) is 32.6 Å². The van der Waals surface area contributed by atoms with Crippen molar-refractivity contribution in [1.29, 1.82) is 0 Å². The highest BCUT2D eigenvalue weighted by Crippen LogP contribution is 2.32. The minimum atomic E-state index is -1.53. The number of unbranched alkanes of at least 4 members (excludes halogenated alkanes) is 2. The molecule has 0 radical (unpaired) electrons. The fourth-order valence-electron chi connectivity index (χ4n) is 7.43. The SMILES string of the molecule is CCCCC(CC)CN(CC(CC)CCCC)c1ccc(C(=O)c2ccccc2C(=O)OC[C@H](O)[C@H]2OC(=O)C(OCc3ccccc3)=C2OCc2ccccc2)c(O)c1. The molecule has 4 aromatic rings. The molecule has 0 amide bonds. The lowest BCUT2D eigenvalue weighted by atomic mass is 9.94. The molecular formula is C50H61NO9. The van der Waals surface area contributed by atoms with Crippen LogP contribution < -0.4 is 4.90 Å². The summed E-state index contributed by atoms with van der Waals surface area (Å²) in [6.07, 6.45) is 6.14. The van der Waals surface area contributed by atoms with E-state index in [9.17, 15) is 24.6 Å². The van der Waals surface area contributed by atoms with Gasteiger partial charge in [-0.05, 0) is 54.0 Å². The largest absolute Gasteiger partial charge is 0.507 e. The average molecular weight is 820 g/mol. The predicted octanol–water partition coefficient (Wildman–Crippen LogP) is 9.95. The molecule has 10 nitrogen and oxygen atoms in total. The van der Waals surface area contributed by atoms with E-state index in [-0.39, 0.29) is 47.2 Å². The monoisotopic (exact) mass is 819 g/mol. The Morgan fingerprint density at radius 3 is 1.82 bits per heavy atom. The number of ketones is 1. The van der Waals surface area contributed by atoms with E-state index >= 15 is 0 Å². The highest BCUT2D eigenvalue weighted by Gasteiger charge is 2.43. The number of rotatable bonds is 25. The second kappa shape index (κ2) is 23.3. The van der Waals surface area contributed by atoms with Crippen molar-refractivity contribution in [2.45, 2.75) is 104 Å². The van der Waals surface area contributed by atoms with E-state index in [4.69, 9.17) is 18.9 Å². The van der Waals surface area contributed by atoms with Crippen LogP contribution in [0.2, 0.25) is 0 Å². The first-order valence-electron chi connectivity index (χ1n) is 21.5. The zero-order chi connectivity index (χ0) is 42.9. The normalized spacial score (nSPS) is 15.2. The maximum absolute atomic E-state index is 14.0. The van der Waals surface area contributed by atoms with E-state index in [0.717, 1.165) is 68.4 Å². The summed E-state index contributed by atoms with van der Waals surface area (Å²) in [6, 6.07) is 29.9. The Morgan fingerprint density at radius 2 is 1.27 bits per heavy atom. The molecule has 0 aromatic heterocycles. The lowest BCUT2D eigenvalue weighted by molar-refractivity contribution is -0.149. The number of aromatic hydroxyl groups is 1. The van der Waals surface area contributed by atoms with E-state index in [1.807, 2.05) is 66.7 Å². The standard InChI is InChI=1S/C50H61NO9/c1-5-9-19-35(7-3)30-51(31-36(8-4)20-10-6-2)39-27-28-42(43(52)29-39)45(54)40-25-17-18-26-41(40)49(55)59-34-44(53)46-47(57-32-37-21-13-11-14-22-37)48(50(56)60-46)58-33-38-23-15-12-16-24-38/h11-18,21-29,35-36,44,46,52-53H,5-10,19-20,30-34H2,1-4H3/t35?,36?,44-,46+/m0/s1. The van der Waals surface area contributed by atoms with Crippen LogP contribution in [0.4, 0.5) is 5.69 Å².